The van der Waals surface area contributed by atoms with Crippen LogP contribution in [0.5, 0.6) is 0 Å². The number of anilines is 1. The second-order valence-corrected chi connectivity index (χ2v) is 5.71. The van der Waals surface area contributed by atoms with Crippen molar-refractivity contribution in [1.29, 1.82) is 0 Å². The molecule has 0 saturated carbocycles. The molecule has 126 valence electrons. The third kappa shape index (κ3) is 5.19. The molecule has 2 N–H and O–H groups in total. The number of carbonyl (C=O) groups excluding carboxylic acids is 2. The highest BCUT2D eigenvalue weighted by molar-refractivity contribution is 6.04. The van der Waals surface area contributed by atoms with Crippen molar-refractivity contribution >= 4 is 17.5 Å². The quantitative estimate of drug-likeness (QED) is 0.765. The number of pyridine rings is 1. The van der Waals surface area contributed by atoms with Gasteiger partial charge in [-0.1, -0.05) is 37.5 Å². The van der Waals surface area contributed by atoms with Crippen LogP contribution in [0.2, 0.25) is 0 Å². The zero-order chi connectivity index (χ0) is 17.4. The predicted molar refractivity (Wildman–Crippen MR) is 95.2 cm³/mol. The number of hydrogen-bond acceptors (Lipinski definition) is 3. The van der Waals surface area contributed by atoms with E-state index in [2.05, 4.69) is 22.5 Å². The Labute approximate surface area is 142 Å². The maximum absolute atomic E-state index is 12.3. The van der Waals surface area contributed by atoms with Gasteiger partial charge >= 0.3 is 0 Å². The van der Waals surface area contributed by atoms with E-state index in [0.29, 0.717) is 17.8 Å². The lowest BCUT2D eigenvalue weighted by Gasteiger charge is -2.07. The van der Waals surface area contributed by atoms with Crippen molar-refractivity contribution in [2.75, 3.05) is 11.9 Å². The lowest BCUT2D eigenvalue weighted by atomic mass is 10.2. The largest absolute Gasteiger partial charge is 0.352 e. The van der Waals surface area contributed by atoms with E-state index in [4.69, 9.17) is 0 Å². The molecule has 0 spiro atoms. The molecule has 1 heterocycles. The van der Waals surface area contributed by atoms with E-state index in [9.17, 15) is 9.59 Å². The van der Waals surface area contributed by atoms with Crippen LogP contribution in [0, 0.1) is 6.92 Å². The van der Waals surface area contributed by atoms with Crippen LogP contribution >= 0.6 is 0 Å². The maximum atomic E-state index is 12.3. The Bertz CT molecular complexity index is 696. The van der Waals surface area contributed by atoms with Gasteiger partial charge in [0.05, 0.1) is 0 Å². The predicted octanol–water partition coefficient (Wildman–Crippen LogP) is 3.56. The average molecular weight is 325 g/mol. The molecule has 5 nitrogen and oxygen atoms in total. The number of nitrogens with zero attached hydrogens (tertiary/aromatic N) is 1. The first-order valence-corrected chi connectivity index (χ1v) is 8.22. The molecule has 0 aliphatic carbocycles. The van der Waals surface area contributed by atoms with E-state index in [0.717, 1.165) is 24.8 Å². The summed E-state index contributed by atoms with van der Waals surface area (Å²) >= 11 is 0. The van der Waals surface area contributed by atoms with E-state index in [1.807, 2.05) is 31.2 Å². The monoisotopic (exact) mass is 325 g/mol. The molecule has 5 heteroatoms. The molecule has 0 unspecified atom stereocenters. The topological polar surface area (TPSA) is 71.1 Å². The summed E-state index contributed by atoms with van der Waals surface area (Å²) in [4.78, 5) is 28.4. The third-order valence-electron chi connectivity index (χ3n) is 3.63. The molecule has 0 atom stereocenters. The highest BCUT2D eigenvalue weighted by Gasteiger charge is 2.12. The Balaban J connectivity index is 1.99. The Hall–Kier alpha value is -2.69. The lowest BCUT2D eigenvalue weighted by molar-refractivity contribution is 0.0953. The van der Waals surface area contributed by atoms with Gasteiger partial charge in [0, 0.05) is 24.0 Å². The number of aromatic nitrogens is 1. The molecule has 1 aromatic heterocycles. The normalized spacial score (nSPS) is 10.2. The second kappa shape index (κ2) is 8.82. The van der Waals surface area contributed by atoms with Crippen LogP contribution in [0.25, 0.3) is 0 Å². The van der Waals surface area contributed by atoms with E-state index in [1.165, 1.54) is 12.3 Å². The third-order valence-corrected chi connectivity index (χ3v) is 3.63. The number of rotatable bonds is 7. The minimum Gasteiger partial charge on any atom is -0.352 e. The number of aryl methyl sites for hydroxylation is 1. The van der Waals surface area contributed by atoms with Crippen LogP contribution in [0.15, 0.2) is 42.6 Å². The summed E-state index contributed by atoms with van der Waals surface area (Å²) in [6.45, 7) is 4.74. The fraction of sp³-hybridized carbons (Fsp3) is 0.316. The van der Waals surface area contributed by atoms with E-state index >= 15 is 0 Å². The van der Waals surface area contributed by atoms with Crippen LogP contribution in [0.4, 0.5) is 5.69 Å². The summed E-state index contributed by atoms with van der Waals surface area (Å²) in [5, 5.41) is 5.64. The van der Waals surface area contributed by atoms with Gasteiger partial charge in [0.1, 0.15) is 5.69 Å². The summed E-state index contributed by atoms with van der Waals surface area (Å²) in [6.07, 6.45) is 4.62. The van der Waals surface area contributed by atoms with Crippen molar-refractivity contribution in [3.05, 3.63) is 59.4 Å². The summed E-state index contributed by atoms with van der Waals surface area (Å²) in [6, 6.07) is 10.6. The molecule has 2 aromatic rings. The number of amides is 2. The first-order chi connectivity index (χ1) is 11.6. The molecule has 1 aromatic carbocycles. The Kier molecular flexibility index (Phi) is 6.49. The first-order valence-electron chi connectivity index (χ1n) is 8.22. The average Bonchev–Trinajstić information content (AvgIpc) is 2.60. The zero-order valence-electron chi connectivity index (χ0n) is 14.1. The molecular formula is C19H23N3O2. The van der Waals surface area contributed by atoms with Crippen molar-refractivity contribution in [3.63, 3.8) is 0 Å². The van der Waals surface area contributed by atoms with Crippen LogP contribution in [0.3, 0.4) is 0 Å². The Morgan fingerprint density at radius 1 is 1.04 bits per heavy atom. The standard InChI is InChI=1S/C19H23N3O2/c1-3-4-5-11-21-18(23)15-10-12-20-17(13-15)19(24)22-16-8-6-14(2)7-9-16/h6-10,12-13H,3-5,11H2,1-2H3,(H,21,23)(H,22,24). The molecule has 0 radical (unpaired) electrons. The fourth-order valence-electron chi connectivity index (χ4n) is 2.21. The molecule has 24 heavy (non-hydrogen) atoms. The van der Waals surface area contributed by atoms with E-state index in [-0.39, 0.29) is 17.5 Å². The first kappa shape index (κ1) is 17.7. The molecule has 0 bridgehead atoms. The van der Waals surface area contributed by atoms with Gasteiger partial charge in [-0.25, -0.2) is 0 Å². The number of nitrogens with one attached hydrogen (secondary N) is 2. The van der Waals surface area contributed by atoms with Gasteiger partial charge < -0.3 is 10.6 Å². The summed E-state index contributed by atoms with van der Waals surface area (Å²) < 4.78 is 0. The molecular weight excluding hydrogens is 302 g/mol. The van der Waals surface area contributed by atoms with Crippen molar-refractivity contribution < 1.29 is 9.59 Å². The van der Waals surface area contributed by atoms with Crippen molar-refractivity contribution in [2.45, 2.75) is 33.1 Å². The van der Waals surface area contributed by atoms with Crippen molar-refractivity contribution in [1.82, 2.24) is 10.3 Å². The molecule has 0 saturated heterocycles. The zero-order valence-corrected chi connectivity index (χ0v) is 14.1. The highest BCUT2D eigenvalue weighted by atomic mass is 16.2. The van der Waals surface area contributed by atoms with E-state index in [1.54, 1.807) is 6.07 Å². The Morgan fingerprint density at radius 2 is 1.79 bits per heavy atom. The molecule has 2 amide bonds. The van der Waals surface area contributed by atoms with Gasteiger partial charge in [-0.15, -0.1) is 0 Å². The summed E-state index contributed by atoms with van der Waals surface area (Å²) in [7, 11) is 0. The number of benzene rings is 1. The van der Waals surface area contributed by atoms with E-state index < -0.39 is 0 Å². The Morgan fingerprint density at radius 3 is 2.50 bits per heavy atom. The van der Waals surface area contributed by atoms with Gasteiger partial charge in [0.15, 0.2) is 0 Å². The molecule has 2 rings (SSSR count). The fourth-order valence-corrected chi connectivity index (χ4v) is 2.21. The minimum absolute atomic E-state index is 0.183. The van der Waals surface area contributed by atoms with Crippen molar-refractivity contribution in [2.24, 2.45) is 0 Å². The minimum atomic E-state index is -0.334. The van der Waals surface area contributed by atoms with Crippen LogP contribution in [-0.4, -0.2) is 23.3 Å². The highest BCUT2D eigenvalue weighted by Crippen LogP contribution is 2.11. The van der Waals surface area contributed by atoms with Crippen LogP contribution < -0.4 is 10.6 Å². The van der Waals surface area contributed by atoms with Gasteiger partial charge in [-0.3, -0.25) is 14.6 Å². The molecule has 0 aliphatic rings. The number of carbonyl (C=O) groups is 2. The van der Waals surface area contributed by atoms with Gasteiger partial charge in [0.2, 0.25) is 0 Å². The van der Waals surface area contributed by atoms with Crippen molar-refractivity contribution in [3.8, 4) is 0 Å². The van der Waals surface area contributed by atoms with Crippen LogP contribution in [0.1, 0.15) is 52.6 Å². The summed E-state index contributed by atoms with van der Waals surface area (Å²) in [5.41, 5.74) is 2.47. The number of hydrogen-bond donors (Lipinski definition) is 2. The maximum Gasteiger partial charge on any atom is 0.274 e. The van der Waals surface area contributed by atoms with Gasteiger partial charge in [-0.2, -0.15) is 0 Å². The van der Waals surface area contributed by atoms with Gasteiger partial charge in [-0.05, 0) is 37.6 Å². The second-order valence-electron chi connectivity index (χ2n) is 5.71. The summed E-state index contributed by atoms with van der Waals surface area (Å²) in [5.74, 6) is -0.516. The molecule has 0 fully saturated rings. The number of unbranched alkanes of at least 4 members (excludes halogenated alkanes) is 2. The lowest BCUT2D eigenvalue weighted by Crippen LogP contribution is -2.25. The smallest absolute Gasteiger partial charge is 0.274 e. The van der Waals surface area contributed by atoms with Crippen LogP contribution in [-0.2, 0) is 0 Å². The van der Waals surface area contributed by atoms with Gasteiger partial charge in [0.25, 0.3) is 11.8 Å². The SMILES string of the molecule is CCCCCNC(=O)c1ccnc(C(=O)Nc2ccc(C)cc2)c1. The molecule has 0 aliphatic heterocycles.